The molecule has 0 amide bonds. The van der Waals surface area contributed by atoms with Gasteiger partial charge in [-0.3, -0.25) is 0 Å². The minimum absolute atomic E-state index is 0. The zero-order valence-electron chi connectivity index (χ0n) is 8.36. The zero-order valence-corrected chi connectivity index (χ0v) is 11.2. The van der Waals surface area contributed by atoms with E-state index in [0.29, 0.717) is 0 Å². The second kappa shape index (κ2) is 7.13. The van der Waals surface area contributed by atoms with Gasteiger partial charge >= 0.3 is 29.6 Å². The van der Waals surface area contributed by atoms with E-state index in [1.165, 1.54) is 6.92 Å². The molecule has 0 aliphatic heterocycles. The molecular weight excluding hydrogens is 221 g/mol. The molecular formula is C6H14NNaO5S. The van der Waals surface area contributed by atoms with Crippen molar-refractivity contribution in [2.45, 2.75) is 12.5 Å². The van der Waals surface area contributed by atoms with Crippen molar-refractivity contribution >= 4 is 10.1 Å². The van der Waals surface area contributed by atoms with Gasteiger partial charge < -0.3 is 20.1 Å². The molecule has 0 saturated heterocycles. The van der Waals surface area contributed by atoms with E-state index in [1.54, 1.807) is 0 Å². The summed E-state index contributed by atoms with van der Waals surface area (Å²) in [5, 5.41) is 20.1. The Bertz CT molecular complexity index is 239. The van der Waals surface area contributed by atoms with Crippen molar-refractivity contribution < 1.29 is 52.7 Å². The molecule has 0 aromatic rings. The van der Waals surface area contributed by atoms with Crippen LogP contribution in [0.1, 0.15) is 6.92 Å². The first-order chi connectivity index (χ1) is 5.83. The first-order valence-corrected chi connectivity index (χ1v) is 5.31. The number of aliphatic hydroxyl groups is 2. The summed E-state index contributed by atoms with van der Waals surface area (Å²) < 4.78 is 30.5. The van der Waals surface area contributed by atoms with E-state index in [9.17, 15) is 13.0 Å². The minimum Gasteiger partial charge on any atom is -0.748 e. The quantitative estimate of drug-likeness (QED) is 0.314. The Labute approximate surface area is 106 Å². The van der Waals surface area contributed by atoms with Gasteiger partial charge in [0.2, 0.25) is 0 Å². The van der Waals surface area contributed by atoms with Crippen LogP contribution in [-0.4, -0.2) is 54.2 Å². The first-order valence-electron chi connectivity index (χ1n) is 3.73. The van der Waals surface area contributed by atoms with E-state index in [2.05, 4.69) is 5.32 Å². The maximum absolute atomic E-state index is 10.2. The van der Waals surface area contributed by atoms with E-state index in [-0.39, 0.29) is 49.3 Å². The summed E-state index contributed by atoms with van der Waals surface area (Å²) in [5.41, 5.74) is -0.940. The van der Waals surface area contributed by atoms with Gasteiger partial charge in [0.05, 0.1) is 34.6 Å². The Morgan fingerprint density at radius 1 is 1.36 bits per heavy atom. The van der Waals surface area contributed by atoms with Gasteiger partial charge in [0.25, 0.3) is 0 Å². The second-order valence-electron chi connectivity index (χ2n) is 3.07. The first kappa shape index (κ1) is 17.2. The van der Waals surface area contributed by atoms with Crippen LogP contribution in [0.5, 0.6) is 0 Å². The number of rotatable bonds is 6. The standard InChI is InChI=1S/C6H15NO5S.Na/c1-6(4-8,5-9)7-2-3-13(10,11)12;/h7-9H,2-5H2,1H3,(H,10,11,12);/q;+1/p-1. The molecule has 0 aromatic heterocycles. The van der Waals surface area contributed by atoms with Crippen molar-refractivity contribution in [3.8, 4) is 0 Å². The molecule has 14 heavy (non-hydrogen) atoms. The van der Waals surface area contributed by atoms with Crippen LogP contribution in [0.25, 0.3) is 0 Å². The molecule has 0 atom stereocenters. The molecule has 0 saturated carbocycles. The summed E-state index contributed by atoms with van der Waals surface area (Å²) in [6.45, 7) is 0.776. The van der Waals surface area contributed by atoms with Crippen molar-refractivity contribution in [1.82, 2.24) is 5.32 Å². The van der Waals surface area contributed by atoms with Gasteiger partial charge in [-0.05, 0) is 6.92 Å². The second-order valence-corrected chi connectivity index (χ2v) is 4.59. The zero-order chi connectivity index (χ0) is 10.5. The van der Waals surface area contributed by atoms with E-state index in [0.717, 1.165) is 0 Å². The summed E-state index contributed by atoms with van der Waals surface area (Å²) in [5.74, 6) is -0.553. The van der Waals surface area contributed by atoms with E-state index >= 15 is 0 Å². The Kier molecular flexibility index (Phi) is 8.75. The molecule has 8 heteroatoms. The summed E-state index contributed by atoms with van der Waals surface area (Å²) in [6, 6.07) is 0. The van der Waals surface area contributed by atoms with Gasteiger partial charge in [-0.1, -0.05) is 0 Å². The molecule has 80 valence electrons. The Hall–Kier alpha value is 0.790. The molecule has 3 N–H and O–H groups in total. The average molecular weight is 235 g/mol. The molecule has 0 bridgehead atoms. The van der Waals surface area contributed by atoms with Gasteiger partial charge in [0, 0.05) is 6.54 Å². The molecule has 0 heterocycles. The fraction of sp³-hybridized carbons (Fsp3) is 1.00. The van der Waals surface area contributed by atoms with Crippen molar-refractivity contribution in [2.75, 3.05) is 25.5 Å². The van der Waals surface area contributed by atoms with Crippen molar-refractivity contribution in [2.24, 2.45) is 0 Å². The van der Waals surface area contributed by atoms with E-state index in [1.807, 2.05) is 0 Å². The number of nitrogens with one attached hydrogen (secondary N) is 1. The molecule has 0 rings (SSSR count). The summed E-state index contributed by atoms with van der Waals surface area (Å²) in [7, 11) is -4.24. The maximum atomic E-state index is 10.2. The number of hydrogen-bond donors (Lipinski definition) is 3. The summed E-state index contributed by atoms with van der Waals surface area (Å²) in [4.78, 5) is 0. The van der Waals surface area contributed by atoms with Crippen LogP contribution in [0.15, 0.2) is 0 Å². The Morgan fingerprint density at radius 3 is 2.07 bits per heavy atom. The third-order valence-electron chi connectivity index (χ3n) is 1.60. The predicted octanol–water partition coefficient (Wildman–Crippen LogP) is -5.13. The Morgan fingerprint density at radius 2 is 1.79 bits per heavy atom. The summed E-state index contributed by atoms with van der Waals surface area (Å²) in [6.07, 6.45) is 0. The topological polar surface area (TPSA) is 110 Å². The molecule has 0 radical (unpaired) electrons. The number of aliphatic hydroxyl groups excluding tert-OH is 2. The van der Waals surface area contributed by atoms with Crippen LogP contribution in [0.2, 0.25) is 0 Å². The average Bonchev–Trinajstić information content (AvgIpc) is 2.02. The molecule has 0 fully saturated rings. The molecule has 0 aromatic carbocycles. The molecule has 0 unspecified atom stereocenters. The van der Waals surface area contributed by atoms with Crippen LogP contribution in [0.3, 0.4) is 0 Å². The van der Waals surface area contributed by atoms with Crippen LogP contribution < -0.4 is 34.9 Å². The third-order valence-corrected chi connectivity index (χ3v) is 2.31. The van der Waals surface area contributed by atoms with Crippen LogP contribution >= 0.6 is 0 Å². The fourth-order valence-electron chi connectivity index (χ4n) is 0.640. The largest absolute Gasteiger partial charge is 1.00 e. The predicted molar refractivity (Wildman–Crippen MR) is 45.1 cm³/mol. The number of hydrogen-bond acceptors (Lipinski definition) is 6. The fourth-order valence-corrected chi connectivity index (χ4v) is 0.992. The molecule has 0 aliphatic carbocycles. The SMILES string of the molecule is CC(CO)(CO)NCCS(=O)(=O)[O-].[Na+]. The van der Waals surface area contributed by atoms with Gasteiger partial charge in [-0.25, -0.2) is 8.42 Å². The normalized spacial score (nSPS) is 12.3. The molecule has 0 spiro atoms. The Balaban J connectivity index is 0. The van der Waals surface area contributed by atoms with Gasteiger partial charge in [0.15, 0.2) is 0 Å². The molecule has 6 nitrogen and oxygen atoms in total. The van der Waals surface area contributed by atoms with Crippen LogP contribution in [0.4, 0.5) is 0 Å². The molecule has 0 aliphatic rings. The van der Waals surface area contributed by atoms with Crippen molar-refractivity contribution in [3.05, 3.63) is 0 Å². The van der Waals surface area contributed by atoms with Gasteiger partial charge in [0.1, 0.15) is 0 Å². The maximum Gasteiger partial charge on any atom is 1.00 e. The van der Waals surface area contributed by atoms with E-state index in [4.69, 9.17) is 10.2 Å². The minimum atomic E-state index is -4.24. The van der Waals surface area contributed by atoms with Gasteiger partial charge in [-0.15, -0.1) is 0 Å². The van der Waals surface area contributed by atoms with Crippen LogP contribution in [0, 0.1) is 0 Å². The van der Waals surface area contributed by atoms with Crippen LogP contribution in [-0.2, 0) is 10.1 Å². The third kappa shape index (κ3) is 8.13. The van der Waals surface area contributed by atoms with Crippen molar-refractivity contribution in [1.29, 1.82) is 0 Å². The van der Waals surface area contributed by atoms with E-state index < -0.39 is 21.4 Å². The van der Waals surface area contributed by atoms with Crippen molar-refractivity contribution in [3.63, 3.8) is 0 Å². The monoisotopic (exact) mass is 235 g/mol. The summed E-state index contributed by atoms with van der Waals surface area (Å²) >= 11 is 0. The smallest absolute Gasteiger partial charge is 0.748 e. The van der Waals surface area contributed by atoms with Gasteiger partial charge in [-0.2, -0.15) is 0 Å².